The Bertz CT molecular complexity index is 526. The molecule has 1 aromatic carbocycles. The fourth-order valence-electron chi connectivity index (χ4n) is 2.66. The van der Waals surface area contributed by atoms with E-state index in [0.29, 0.717) is 0 Å². The van der Waals surface area contributed by atoms with Gasteiger partial charge in [0.25, 0.3) is 0 Å². The van der Waals surface area contributed by atoms with Gasteiger partial charge in [0.2, 0.25) is 0 Å². The molecule has 0 radical (unpaired) electrons. The molecule has 1 N–H and O–H groups in total. The SMILES string of the molecule is CCNC(c1cnccn1)c1c(C)cc(C)cc1C. The monoisotopic (exact) mass is 255 g/mol. The molecule has 0 saturated heterocycles. The van der Waals surface area contributed by atoms with Gasteiger partial charge in [-0.3, -0.25) is 9.97 Å². The molecular weight excluding hydrogens is 234 g/mol. The van der Waals surface area contributed by atoms with Crippen molar-refractivity contribution in [1.82, 2.24) is 15.3 Å². The third-order valence-corrected chi connectivity index (χ3v) is 3.31. The lowest BCUT2D eigenvalue weighted by Crippen LogP contribution is -2.24. The average Bonchev–Trinajstić information content (AvgIpc) is 2.37. The van der Waals surface area contributed by atoms with E-state index in [1.54, 1.807) is 12.4 Å². The van der Waals surface area contributed by atoms with Gasteiger partial charge in [0.15, 0.2) is 0 Å². The van der Waals surface area contributed by atoms with E-state index < -0.39 is 0 Å². The Morgan fingerprint density at radius 2 is 1.79 bits per heavy atom. The fraction of sp³-hybridized carbons (Fsp3) is 0.375. The number of nitrogens with one attached hydrogen (secondary N) is 1. The summed E-state index contributed by atoms with van der Waals surface area (Å²) in [7, 11) is 0. The van der Waals surface area contributed by atoms with Crippen molar-refractivity contribution in [1.29, 1.82) is 0 Å². The molecule has 100 valence electrons. The Morgan fingerprint density at radius 3 is 2.32 bits per heavy atom. The highest BCUT2D eigenvalue weighted by Crippen LogP contribution is 2.27. The van der Waals surface area contributed by atoms with Crippen molar-refractivity contribution in [3.8, 4) is 0 Å². The van der Waals surface area contributed by atoms with Crippen molar-refractivity contribution in [3.63, 3.8) is 0 Å². The van der Waals surface area contributed by atoms with Gasteiger partial charge >= 0.3 is 0 Å². The van der Waals surface area contributed by atoms with Crippen LogP contribution in [0.5, 0.6) is 0 Å². The van der Waals surface area contributed by atoms with Crippen LogP contribution in [0.1, 0.15) is 40.9 Å². The highest BCUT2D eigenvalue weighted by Gasteiger charge is 2.18. The highest BCUT2D eigenvalue weighted by molar-refractivity contribution is 5.42. The van der Waals surface area contributed by atoms with Gasteiger partial charge in [-0.2, -0.15) is 0 Å². The quantitative estimate of drug-likeness (QED) is 0.912. The van der Waals surface area contributed by atoms with Crippen molar-refractivity contribution in [2.75, 3.05) is 6.54 Å². The van der Waals surface area contributed by atoms with Crippen LogP contribution < -0.4 is 5.32 Å². The maximum absolute atomic E-state index is 4.45. The van der Waals surface area contributed by atoms with Gasteiger partial charge in [-0.25, -0.2) is 0 Å². The fourth-order valence-corrected chi connectivity index (χ4v) is 2.66. The minimum absolute atomic E-state index is 0.110. The second kappa shape index (κ2) is 5.93. The Hall–Kier alpha value is -1.74. The molecule has 0 amide bonds. The van der Waals surface area contributed by atoms with Crippen molar-refractivity contribution < 1.29 is 0 Å². The largest absolute Gasteiger partial charge is 0.305 e. The van der Waals surface area contributed by atoms with E-state index in [0.717, 1.165) is 12.2 Å². The maximum atomic E-state index is 4.45. The number of hydrogen-bond acceptors (Lipinski definition) is 3. The molecule has 0 saturated carbocycles. The Kier molecular flexibility index (Phi) is 4.27. The highest BCUT2D eigenvalue weighted by atomic mass is 14.9. The molecule has 1 heterocycles. The second-order valence-electron chi connectivity index (χ2n) is 4.93. The molecular formula is C16H21N3. The van der Waals surface area contributed by atoms with Crippen LogP contribution >= 0.6 is 0 Å². The Balaban J connectivity index is 2.51. The molecule has 3 heteroatoms. The van der Waals surface area contributed by atoms with Gasteiger partial charge in [-0.1, -0.05) is 24.6 Å². The molecule has 1 unspecified atom stereocenters. The number of aromatic nitrogens is 2. The number of benzene rings is 1. The van der Waals surface area contributed by atoms with Gasteiger partial charge in [0.05, 0.1) is 17.9 Å². The standard InChI is InChI=1S/C16H21N3/c1-5-18-16(14-10-17-6-7-19-14)15-12(3)8-11(2)9-13(15)4/h6-10,16,18H,5H2,1-4H3. The zero-order valence-electron chi connectivity index (χ0n) is 12.1. The summed E-state index contributed by atoms with van der Waals surface area (Å²) >= 11 is 0. The number of aryl methyl sites for hydroxylation is 3. The van der Waals surface area contributed by atoms with Crippen LogP contribution in [0.2, 0.25) is 0 Å². The molecule has 0 bridgehead atoms. The normalized spacial score (nSPS) is 12.4. The first kappa shape index (κ1) is 13.7. The molecule has 0 aliphatic rings. The van der Waals surface area contributed by atoms with Gasteiger partial charge in [0.1, 0.15) is 0 Å². The Labute approximate surface area is 115 Å². The molecule has 2 aromatic rings. The summed E-state index contributed by atoms with van der Waals surface area (Å²) in [6.07, 6.45) is 5.30. The predicted molar refractivity (Wildman–Crippen MR) is 78.2 cm³/mol. The molecule has 1 atom stereocenters. The van der Waals surface area contributed by atoms with Crippen molar-refractivity contribution >= 4 is 0 Å². The van der Waals surface area contributed by atoms with Crippen LogP contribution in [0.15, 0.2) is 30.7 Å². The number of hydrogen-bond donors (Lipinski definition) is 1. The van der Waals surface area contributed by atoms with Crippen LogP contribution in [0, 0.1) is 20.8 Å². The topological polar surface area (TPSA) is 37.8 Å². The lowest BCUT2D eigenvalue weighted by molar-refractivity contribution is 0.607. The molecule has 1 aromatic heterocycles. The summed E-state index contributed by atoms with van der Waals surface area (Å²) in [5.74, 6) is 0. The van der Waals surface area contributed by atoms with Crippen LogP contribution in [0.3, 0.4) is 0 Å². The van der Waals surface area contributed by atoms with E-state index in [-0.39, 0.29) is 6.04 Å². The van der Waals surface area contributed by atoms with E-state index in [9.17, 15) is 0 Å². The molecule has 0 aliphatic carbocycles. The Morgan fingerprint density at radius 1 is 1.11 bits per heavy atom. The molecule has 0 aliphatic heterocycles. The molecule has 0 fully saturated rings. The van der Waals surface area contributed by atoms with E-state index in [4.69, 9.17) is 0 Å². The third-order valence-electron chi connectivity index (χ3n) is 3.31. The minimum Gasteiger partial charge on any atom is -0.305 e. The minimum atomic E-state index is 0.110. The van der Waals surface area contributed by atoms with Crippen LogP contribution in [0.25, 0.3) is 0 Å². The summed E-state index contributed by atoms with van der Waals surface area (Å²) in [6, 6.07) is 4.56. The van der Waals surface area contributed by atoms with Crippen molar-refractivity contribution in [2.45, 2.75) is 33.7 Å². The predicted octanol–water partition coefficient (Wildman–Crippen LogP) is 3.10. The van der Waals surface area contributed by atoms with E-state index in [1.807, 2.05) is 6.20 Å². The molecule has 3 nitrogen and oxygen atoms in total. The van der Waals surface area contributed by atoms with E-state index in [1.165, 1.54) is 22.3 Å². The van der Waals surface area contributed by atoms with Crippen LogP contribution in [-0.4, -0.2) is 16.5 Å². The van der Waals surface area contributed by atoms with Gasteiger partial charge in [-0.15, -0.1) is 0 Å². The van der Waals surface area contributed by atoms with Crippen LogP contribution in [0.4, 0.5) is 0 Å². The maximum Gasteiger partial charge on any atom is 0.0801 e. The lowest BCUT2D eigenvalue weighted by atomic mass is 9.92. The van der Waals surface area contributed by atoms with E-state index in [2.05, 4.69) is 55.1 Å². The summed E-state index contributed by atoms with van der Waals surface area (Å²) in [5, 5.41) is 3.51. The summed E-state index contributed by atoms with van der Waals surface area (Å²) in [5.41, 5.74) is 6.18. The van der Waals surface area contributed by atoms with Crippen molar-refractivity contribution in [3.05, 3.63) is 58.7 Å². The van der Waals surface area contributed by atoms with Gasteiger partial charge in [0, 0.05) is 12.4 Å². The first-order valence-corrected chi connectivity index (χ1v) is 6.70. The van der Waals surface area contributed by atoms with Crippen molar-refractivity contribution in [2.24, 2.45) is 0 Å². The first-order chi connectivity index (χ1) is 9.13. The number of rotatable bonds is 4. The van der Waals surface area contributed by atoms with Gasteiger partial charge in [-0.05, 0) is 44.0 Å². The molecule has 0 spiro atoms. The average molecular weight is 255 g/mol. The first-order valence-electron chi connectivity index (χ1n) is 6.70. The summed E-state index contributed by atoms with van der Waals surface area (Å²) in [4.78, 5) is 8.64. The number of nitrogens with zero attached hydrogens (tertiary/aromatic N) is 2. The zero-order valence-corrected chi connectivity index (χ0v) is 12.1. The molecule has 2 rings (SSSR count). The van der Waals surface area contributed by atoms with Crippen LogP contribution in [-0.2, 0) is 0 Å². The second-order valence-corrected chi connectivity index (χ2v) is 4.93. The zero-order chi connectivity index (χ0) is 13.8. The summed E-state index contributed by atoms with van der Waals surface area (Å²) in [6.45, 7) is 9.47. The van der Waals surface area contributed by atoms with Gasteiger partial charge < -0.3 is 5.32 Å². The third kappa shape index (κ3) is 2.99. The summed E-state index contributed by atoms with van der Waals surface area (Å²) < 4.78 is 0. The smallest absolute Gasteiger partial charge is 0.0801 e. The molecule has 19 heavy (non-hydrogen) atoms. The van der Waals surface area contributed by atoms with E-state index >= 15 is 0 Å². The lowest BCUT2D eigenvalue weighted by Gasteiger charge is -2.22.